The molecule has 4 rings (SSSR count). The van der Waals surface area contributed by atoms with Gasteiger partial charge in [0, 0.05) is 12.5 Å². The van der Waals surface area contributed by atoms with Crippen LogP contribution in [0, 0.1) is 5.92 Å². The van der Waals surface area contributed by atoms with Crippen molar-refractivity contribution in [2.75, 3.05) is 6.61 Å². The normalized spacial score (nSPS) is 40.2. The first-order chi connectivity index (χ1) is 17.8. The number of epoxide rings is 1. The van der Waals surface area contributed by atoms with Crippen LogP contribution < -0.4 is 0 Å². The topological polar surface area (TPSA) is 97.8 Å². The summed E-state index contributed by atoms with van der Waals surface area (Å²) in [6.45, 7) is 8.96. The number of aliphatic hydroxyl groups excluding tert-OH is 2. The molecule has 37 heavy (non-hydrogen) atoms. The number of ether oxygens (including phenoxy) is 4. The molecule has 0 aliphatic carbocycles. The first kappa shape index (κ1) is 28.0. The Morgan fingerprint density at radius 1 is 1.03 bits per heavy atom. The van der Waals surface area contributed by atoms with E-state index in [1.807, 2.05) is 18.2 Å². The van der Waals surface area contributed by atoms with Crippen LogP contribution in [0.3, 0.4) is 0 Å². The van der Waals surface area contributed by atoms with E-state index in [9.17, 15) is 15.0 Å². The predicted octanol–water partition coefficient (Wildman–Crippen LogP) is 4.11. The van der Waals surface area contributed by atoms with Crippen molar-refractivity contribution in [1.82, 2.24) is 0 Å². The van der Waals surface area contributed by atoms with Crippen LogP contribution in [0.4, 0.5) is 0 Å². The van der Waals surface area contributed by atoms with Crippen LogP contribution in [-0.2, 0) is 23.7 Å². The summed E-state index contributed by atoms with van der Waals surface area (Å²) in [6, 6.07) is 0. The van der Waals surface area contributed by atoms with Crippen molar-refractivity contribution in [2.24, 2.45) is 5.92 Å². The minimum Gasteiger partial charge on any atom is -0.452 e. The number of hydrogen-bond acceptors (Lipinski definition) is 7. The molecular weight excluding hydrogens is 472 g/mol. The maximum absolute atomic E-state index is 12.6. The van der Waals surface area contributed by atoms with E-state index in [0.29, 0.717) is 25.4 Å². The molecule has 204 valence electrons. The summed E-state index contributed by atoms with van der Waals surface area (Å²) in [7, 11) is 0. The molecule has 0 saturated carbocycles. The fraction of sp³-hybridized carbons (Fsp3) is 0.633. The molecule has 0 aromatic carbocycles. The van der Waals surface area contributed by atoms with Crippen LogP contribution in [0.15, 0.2) is 60.3 Å². The van der Waals surface area contributed by atoms with Gasteiger partial charge in [-0.3, -0.25) is 0 Å². The van der Waals surface area contributed by atoms with Crippen molar-refractivity contribution in [1.29, 1.82) is 0 Å². The summed E-state index contributed by atoms with van der Waals surface area (Å²) in [5.41, 5.74) is 2.23. The Bertz CT molecular complexity index is 919. The molecule has 7 heteroatoms. The third-order valence-corrected chi connectivity index (χ3v) is 7.43. The first-order valence-electron chi connectivity index (χ1n) is 13.6. The second-order valence-corrected chi connectivity index (χ2v) is 11.0. The average Bonchev–Trinajstić information content (AvgIpc) is 3.60. The lowest BCUT2D eigenvalue weighted by molar-refractivity contribution is -0.145. The summed E-state index contributed by atoms with van der Waals surface area (Å²) >= 11 is 0. The molecular formula is C30H42O7. The van der Waals surface area contributed by atoms with E-state index >= 15 is 0 Å². The number of rotatable bonds is 2. The highest BCUT2D eigenvalue weighted by Crippen LogP contribution is 2.34. The van der Waals surface area contributed by atoms with Crippen LogP contribution in [0.1, 0.15) is 58.8 Å². The van der Waals surface area contributed by atoms with E-state index in [-0.39, 0.29) is 36.9 Å². The van der Waals surface area contributed by atoms with Crippen molar-refractivity contribution >= 4 is 5.97 Å². The fourth-order valence-corrected chi connectivity index (χ4v) is 5.44. The first-order valence-corrected chi connectivity index (χ1v) is 13.6. The lowest BCUT2D eigenvalue weighted by Gasteiger charge is -2.28. The summed E-state index contributed by atoms with van der Waals surface area (Å²) in [5.74, 6) is -0.149. The largest absolute Gasteiger partial charge is 0.452 e. The highest BCUT2D eigenvalue weighted by Gasteiger charge is 2.46. The van der Waals surface area contributed by atoms with Gasteiger partial charge in [-0.1, -0.05) is 55.0 Å². The third-order valence-electron chi connectivity index (χ3n) is 7.43. The Labute approximate surface area is 220 Å². The third kappa shape index (κ3) is 8.76. The van der Waals surface area contributed by atoms with Crippen LogP contribution in [0.25, 0.3) is 0 Å². The van der Waals surface area contributed by atoms with Crippen LogP contribution in [0.5, 0.6) is 0 Å². The van der Waals surface area contributed by atoms with E-state index < -0.39 is 24.3 Å². The quantitative estimate of drug-likeness (QED) is 0.325. The Morgan fingerprint density at radius 3 is 2.68 bits per heavy atom. The molecule has 9 unspecified atom stereocenters. The van der Waals surface area contributed by atoms with Crippen molar-refractivity contribution in [3.63, 3.8) is 0 Å². The van der Waals surface area contributed by atoms with Gasteiger partial charge in [0.05, 0.1) is 43.2 Å². The second kappa shape index (κ2) is 13.2. The zero-order valence-corrected chi connectivity index (χ0v) is 22.0. The Hall–Kier alpha value is -2.03. The molecule has 7 nitrogen and oxygen atoms in total. The molecule has 0 aromatic heterocycles. The number of cyclic esters (lactones) is 1. The Morgan fingerprint density at radius 2 is 1.86 bits per heavy atom. The number of carbonyl (C=O) groups is 1. The summed E-state index contributed by atoms with van der Waals surface area (Å²) in [6.07, 6.45) is 14.3. The summed E-state index contributed by atoms with van der Waals surface area (Å²) in [4.78, 5) is 12.6. The highest BCUT2D eigenvalue weighted by atomic mass is 16.6. The molecule has 9 atom stereocenters. The van der Waals surface area contributed by atoms with Crippen LogP contribution in [-0.4, -0.2) is 71.6 Å². The van der Waals surface area contributed by atoms with Gasteiger partial charge in [0.1, 0.15) is 12.2 Å². The number of esters is 1. The molecule has 4 heterocycles. The fourth-order valence-electron chi connectivity index (χ4n) is 5.44. The zero-order chi connectivity index (χ0) is 26.4. The average molecular weight is 515 g/mol. The molecule has 1 fully saturated rings. The van der Waals surface area contributed by atoms with Crippen molar-refractivity contribution in [2.45, 2.75) is 108 Å². The van der Waals surface area contributed by atoms with E-state index in [2.05, 4.69) is 26.5 Å². The molecule has 2 bridgehead atoms. The Kier molecular flexibility index (Phi) is 9.96. The summed E-state index contributed by atoms with van der Waals surface area (Å²) < 4.78 is 23.3. The number of aliphatic hydroxyl groups is 2. The van der Waals surface area contributed by atoms with Gasteiger partial charge < -0.3 is 29.2 Å². The van der Waals surface area contributed by atoms with Gasteiger partial charge in [-0.25, -0.2) is 4.79 Å². The molecule has 0 aromatic rings. The van der Waals surface area contributed by atoms with E-state index in [0.717, 1.165) is 31.3 Å². The van der Waals surface area contributed by atoms with Crippen LogP contribution in [0.2, 0.25) is 0 Å². The lowest BCUT2D eigenvalue weighted by Crippen LogP contribution is -2.32. The molecule has 1 saturated heterocycles. The van der Waals surface area contributed by atoms with Gasteiger partial charge >= 0.3 is 5.97 Å². The van der Waals surface area contributed by atoms with Gasteiger partial charge in [-0.15, -0.1) is 0 Å². The molecule has 0 radical (unpaired) electrons. The highest BCUT2D eigenvalue weighted by molar-refractivity contribution is 5.82. The van der Waals surface area contributed by atoms with Crippen molar-refractivity contribution < 1.29 is 34.0 Å². The van der Waals surface area contributed by atoms with Gasteiger partial charge in [0.15, 0.2) is 0 Å². The standard InChI is InChI=1S/C30H42O7/c1-19-12-13-34-23(15-19)10-11-27-25(31)18-28-30(37-28)26(32)17-21(3)14-20(2)16-24-8-4-6-22(35-24)7-5-9-29(33)36-27/h4-6,9-12,20,22-28,30-32H,3,7-8,13-18H2,1-2H3. The Balaban J connectivity index is 1.46. The smallest absolute Gasteiger partial charge is 0.331 e. The predicted molar refractivity (Wildman–Crippen MR) is 141 cm³/mol. The zero-order valence-electron chi connectivity index (χ0n) is 22.0. The van der Waals surface area contributed by atoms with Crippen molar-refractivity contribution in [3.05, 3.63) is 60.3 Å². The summed E-state index contributed by atoms with van der Waals surface area (Å²) in [5, 5.41) is 21.7. The molecule has 0 amide bonds. The minimum atomic E-state index is -0.980. The van der Waals surface area contributed by atoms with Gasteiger partial charge in [-0.2, -0.15) is 0 Å². The number of carbonyl (C=O) groups excluding carboxylic acids is 1. The maximum atomic E-state index is 12.6. The van der Waals surface area contributed by atoms with E-state index in [1.165, 1.54) is 11.6 Å². The van der Waals surface area contributed by atoms with E-state index in [4.69, 9.17) is 18.9 Å². The maximum Gasteiger partial charge on any atom is 0.331 e. The molecule has 4 aliphatic heterocycles. The van der Waals surface area contributed by atoms with Gasteiger partial charge in [-0.05, 0) is 57.4 Å². The SMILES string of the molecule is C=C1CC(C)CC2CC=CC(CC=CC(=O)OC(C=CC3CC(C)=CCO3)C(O)CC3OC3C(O)C1)O2. The minimum absolute atomic E-state index is 0.0904. The number of hydrogen-bond donors (Lipinski definition) is 2. The van der Waals surface area contributed by atoms with Gasteiger partial charge in [0.2, 0.25) is 0 Å². The molecule has 2 N–H and O–H groups in total. The van der Waals surface area contributed by atoms with E-state index in [1.54, 1.807) is 12.2 Å². The van der Waals surface area contributed by atoms with Gasteiger partial charge in [0.25, 0.3) is 0 Å². The monoisotopic (exact) mass is 514 g/mol. The molecule has 4 aliphatic rings. The van der Waals surface area contributed by atoms with Crippen LogP contribution >= 0.6 is 0 Å². The molecule has 0 spiro atoms. The van der Waals surface area contributed by atoms with Crippen molar-refractivity contribution in [3.8, 4) is 0 Å². The second-order valence-electron chi connectivity index (χ2n) is 11.0. The lowest BCUT2D eigenvalue weighted by atomic mass is 9.91. The number of fused-ring (bicyclic) bond motifs is 3.